The Morgan fingerprint density at radius 3 is 3.19 bits per heavy atom. The van der Waals surface area contributed by atoms with Gasteiger partial charge in [-0.05, 0) is 61.4 Å². The van der Waals surface area contributed by atoms with E-state index in [1.807, 2.05) is 19.9 Å². The predicted molar refractivity (Wildman–Crippen MR) is 104 cm³/mol. The van der Waals surface area contributed by atoms with Crippen molar-refractivity contribution in [2.45, 2.75) is 37.7 Å². The van der Waals surface area contributed by atoms with Crippen LogP contribution in [0.3, 0.4) is 0 Å². The van der Waals surface area contributed by atoms with Crippen molar-refractivity contribution in [3.05, 3.63) is 24.0 Å². The molecular formula is C20H24BN4O2. The van der Waals surface area contributed by atoms with Gasteiger partial charge < -0.3 is 20.2 Å². The first-order valence-electron chi connectivity index (χ1n) is 10.2. The fourth-order valence-electron chi connectivity index (χ4n) is 6.41. The van der Waals surface area contributed by atoms with Crippen molar-refractivity contribution < 1.29 is 9.76 Å². The number of hydrogen-bond acceptors (Lipinski definition) is 5. The minimum atomic E-state index is -0.485. The highest BCUT2D eigenvalue weighted by molar-refractivity contribution is 6.50. The zero-order valence-electron chi connectivity index (χ0n) is 15.3. The summed E-state index contributed by atoms with van der Waals surface area (Å²) in [6.07, 6.45) is 8.98. The summed E-state index contributed by atoms with van der Waals surface area (Å²) in [6, 6.07) is 2.08. The van der Waals surface area contributed by atoms with Crippen molar-refractivity contribution in [2.24, 2.45) is 28.8 Å². The van der Waals surface area contributed by atoms with Gasteiger partial charge in [0.15, 0.2) is 0 Å². The van der Waals surface area contributed by atoms with Crippen molar-refractivity contribution in [3.8, 4) is 0 Å². The molecule has 2 aromatic heterocycles. The number of hydrogen-bond donors (Lipinski definition) is 3. The van der Waals surface area contributed by atoms with Crippen LogP contribution in [0.15, 0.2) is 23.6 Å². The summed E-state index contributed by atoms with van der Waals surface area (Å²) in [5.41, 5.74) is 6.86. The average Bonchev–Trinajstić information content (AvgIpc) is 3.27. The first kappa shape index (κ1) is 16.1. The molecular weight excluding hydrogens is 339 g/mol. The monoisotopic (exact) mass is 363 g/mol. The quantitative estimate of drug-likeness (QED) is 0.668. The molecule has 0 saturated heterocycles. The molecule has 1 aliphatic heterocycles. The highest BCUT2D eigenvalue weighted by Gasteiger charge is 2.63. The molecule has 7 rings (SSSR count). The van der Waals surface area contributed by atoms with Gasteiger partial charge in [-0.1, -0.05) is 0 Å². The summed E-state index contributed by atoms with van der Waals surface area (Å²) < 4.78 is 5.80. The van der Waals surface area contributed by atoms with Gasteiger partial charge in [0, 0.05) is 42.4 Å². The zero-order valence-corrected chi connectivity index (χ0v) is 15.3. The summed E-state index contributed by atoms with van der Waals surface area (Å²) in [5.74, 6) is 1.84. The lowest BCUT2D eigenvalue weighted by molar-refractivity contribution is 0.00919. The lowest BCUT2D eigenvalue weighted by Gasteiger charge is -2.33. The van der Waals surface area contributed by atoms with Gasteiger partial charge in [-0.2, -0.15) is 5.10 Å². The topological polar surface area (TPSA) is 82.5 Å². The van der Waals surface area contributed by atoms with E-state index in [-0.39, 0.29) is 0 Å². The van der Waals surface area contributed by atoms with Crippen molar-refractivity contribution in [1.29, 1.82) is 0 Å². The summed E-state index contributed by atoms with van der Waals surface area (Å²) in [6.45, 7) is 1.46. The van der Waals surface area contributed by atoms with Crippen LogP contribution in [-0.4, -0.2) is 47.0 Å². The lowest BCUT2D eigenvalue weighted by Crippen LogP contribution is -2.38. The number of aromatic nitrogens is 2. The number of nitrogens with one attached hydrogen (secondary N) is 2. The van der Waals surface area contributed by atoms with E-state index in [1.54, 1.807) is 0 Å². The Hall–Kier alpha value is -1.86. The fourth-order valence-corrected chi connectivity index (χ4v) is 6.41. The van der Waals surface area contributed by atoms with Crippen LogP contribution >= 0.6 is 0 Å². The Labute approximate surface area is 159 Å². The van der Waals surface area contributed by atoms with Crippen molar-refractivity contribution in [1.82, 2.24) is 15.4 Å². The van der Waals surface area contributed by atoms with Crippen LogP contribution in [0.1, 0.15) is 37.7 Å². The first-order chi connectivity index (χ1) is 13.2. The summed E-state index contributed by atoms with van der Waals surface area (Å²) in [5, 5.41) is 17.3. The van der Waals surface area contributed by atoms with Crippen LogP contribution in [0, 0.1) is 23.7 Å². The van der Waals surface area contributed by atoms with Gasteiger partial charge in [-0.15, -0.1) is 0 Å². The number of aliphatic hydroxyl groups is 1. The molecule has 27 heavy (non-hydrogen) atoms. The standard InChI is InChI=1S/C20H24BN4O2/c26-20-8-11-6-12(9-20)16(14(20)7-11)18-17-13-2-4-22-19(13)23-10-15(17)21-27-5-1-3-24-25-18/h2,4,10-12,14,16,24,26H,1,3,5-9H2,(H,22,23)/b25-18-. The minimum absolute atomic E-state index is 0.299. The predicted octanol–water partition coefficient (Wildman–Crippen LogP) is 1.32. The van der Waals surface area contributed by atoms with Crippen LogP contribution in [0.4, 0.5) is 0 Å². The molecule has 3 N–H and O–H groups in total. The molecule has 5 atom stereocenters. The molecule has 4 fully saturated rings. The summed E-state index contributed by atoms with van der Waals surface area (Å²) >= 11 is 0. The molecule has 4 aliphatic carbocycles. The number of pyridine rings is 1. The first-order valence-corrected chi connectivity index (χ1v) is 10.2. The number of hydrazone groups is 1. The molecule has 6 nitrogen and oxygen atoms in total. The average molecular weight is 363 g/mol. The van der Waals surface area contributed by atoms with E-state index < -0.39 is 5.60 Å². The molecule has 5 aliphatic rings. The highest BCUT2D eigenvalue weighted by atomic mass is 16.4. The molecule has 5 unspecified atom stereocenters. The van der Waals surface area contributed by atoms with E-state index in [2.05, 4.69) is 21.5 Å². The van der Waals surface area contributed by atoms with Crippen molar-refractivity contribution in [3.63, 3.8) is 0 Å². The summed E-state index contributed by atoms with van der Waals surface area (Å²) in [7, 11) is 1.84. The Morgan fingerprint density at radius 1 is 1.30 bits per heavy atom. The molecule has 0 aromatic carbocycles. The SMILES string of the molecule is OC12CC3CC(C1)C(/C1=N/NCCCO[B]c4cnc5[nH]ccc5c41)C2C3. The molecule has 4 saturated carbocycles. The van der Waals surface area contributed by atoms with E-state index >= 15 is 0 Å². The van der Waals surface area contributed by atoms with Crippen LogP contribution in [-0.2, 0) is 4.65 Å². The number of H-pyrrole nitrogens is 1. The lowest BCUT2D eigenvalue weighted by atomic mass is 9.70. The van der Waals surface area contributed by atoms with Gasteiger partial charge in [0.05, 0.1) is 11.3 Å². The fraction of sp³-hybridized carbons (Fsp3) is 0.600. The van der Waals surface area contributed by atoms with E-state index in [9.17, 15) is 5.11 Å². The van der Waals surface area contributed by atoms with E-state index in [4.69, 9.17) is 9.76 Å². The molecule has 4 bridgehead atoms. The van der Waals surface area contributed by atoms with Crippen LogP contribution in [0.5, 0.6) is 0 Å². The molecule has 0 spiro atoms. The Bertz CT molecular complexity index is 928. The van der Waals surface area contributed by atoms with E-state index in [0.717, 1.165) is 60.0 Å². The van der Waals surface area contributed by atoms with Crippen LogP contribution in [0.2, 0.25) is 0 Å². The second-order valence-electron chi connectivity index (χ2n) is 8.82. The van der Waals surface area contributed by atoms with Crippen LogP contribution in [0.25, 0.3) is 11.0 Å². The number of rotatable bonds is 1. The maximum atomic E-state index is 11.3. The Kier molecular flexibility index (Phi) is 3.48. The third-order valence-electron chi connectivity index (χ3n) is 7.26. The zero-order chi connectivity index (χ0) is 18.0. The van der Waals surface area contributed by atoms with Gasteiger partial charge in [0.25, 0.3) is 0 Å². The van der Waals surface area contributed by atoms with Gasteiger partial charge in [-0.25, -0.2) is 4.98 Å². The van der Waals surface area contributed by atoms with Crippen LogP contribution < -0.4 is 10.9 Å². The normalized spacial score (nSPS) is 39.5. The van der Waals surface area contributed by atoms with E-state index in [0.29, 0.717) is 30.3 Å². The maximum absolute atomic E-state index is 11.3. The molecule has 139 valence electrons. The number of fused-ring (bicyclic) bond motifs is 3. The second kappa shape index (κ2) is 5.82. The third kappa shape index (κ3) is 2.34. The molecule has 3 heterocycles. The molecule has 2 aromatic rings. The molecule has 7 heteroatoms. The van der Waals surface area contributed by atoms with Gasteiger partial charge in [0.2, 0.25) is 0 Å². The number of nitrogens with zero attached hydrogens (tertiary/aromatic N) is 2. The van der Waals surface area contributed by atoms with Gasteiger partial charge in [0.1, 0.15) is 5.65 Å². The van der Waals surface area contributed by atoms with Crippen molar-refractivity contribution >= 4 is 29.7 Å². The largest absolute Gasteiger partial charge is 0.434 e. The van der Waals surface area contributed by atoms with Gasteiger partial charge >= 0.3 is 7.48 Å². The Morgan fingerprint density at radius 2 is 2.26 bits per heavy atom. The molecule has 0 amide bonds. The maximum Gasteiger partial charge on any atom is 0.332 e. The highest BCUT2D eigenvalue weighted by Crippen LogP contribution is 2.63. The number of aromatic amines is 1. The minimum Gasteiger partial charge on any atom is -0.434 e. The molecule has 1 radical (unpaired) electrons. The van der Waals surface area contributed by atoms with E-state index in [1.165, 1.54) is 6.42 Å². The van der Waals surface area contributed by atoms with Gasteiger partial charge in [-0.3, -0.25) is 0 Å². The second-order valence-corrected chi connectivity index (χ2v) is 8.82. The Balaban J connectivity index is 1.53. The van der Waals surface area contributed by atoms with Crippen molar-refractivity contribution in [2.75, 3.05) is 13.2 Å². The smallest absolute Gasteiger partial charge is 0.332 e. The third-order valence-corrected chi connectivity index (χ3v) is 7.26. The summed E-state index contributed by atoms with van der Waals surface area (Å²) in [4.78, 5) is 7.79.